The van der Waals surface area contributed by atoms with Crippen LogP contribution in [0.3, 0.4) is 0 Å². The zero-order chi connectivity index (χ0) is 18.7. The summed E-state index contributed by atoms with van der Waals surface area (Å²) in [5, 5.41) is 10.7. The number of nitrogens with zero attached hydrogens (tertiary/aromatic N) is 2. The van der Waals surface area contributed by atoms with Crippen LogP contribution in [0.5, 0.6) is 5.75 Å². The highest BCUT2D eigenvalue weighted by Crippen LogP contribution is 2.22. The Bertz CT molecular complexity index is 914. The van der Waals surface area contributed by atoms with Gasteiger partial charge in [0.05, 0.1) is 11.0 Å². The molecule has 26 heavy (non-hydrogen) atoms. The Morgan fingerprint density at radius 3 is 2.58 bits per heavy atom. The maximum atomic E-state index is 12.1. The van der Waals surface area contributed by atoms with Crippen molar-refractivity contribution in [3.05, 3.63) is 75.5 Å². The molecule has 0 aromatic heterocycles. The van der Waals surface area contributed by atoms with Crippen LogP contribution in [0, 0.1) is 10.1 Å². The lowest BCUT2D eigenvalue weighted by Crippen LogP contribution is -2.05. The minimum absolute atomic E-state index is 0.0427. The zero-order valence-corrected chi connectivity index (χ0v) is 14.2. The van der Waals surface area contributed by atoms with Crippen molar-refractivity contribution >= 4 is 23.6 Å². The van der Waals surface area contributed by atoms with Crippen molar-refractivity contribution in [3.63, 3.8) is 0 Å². The molecule has 7 heteroatoms. The largest absolute Gasteiger partial charge is 0.491 e. The molecular formula is C19H16N2O5. The molecule has 0 radical (unpaired) electrons. The Balaban J connectivity index is 1.85. The smallest absolute Gasteiger partial charge is 0.363 e. The molecule has 0 saturated heterocycles. The number of cyclic esters (lactones) is 1. The highest BCUT2D eigenvalue weighted by molar-refractivity contribution is 6.12. The summed E-state index contributed by atoms with van der Waals surface area (Å²) in [5.74, 6) is 0.236. The first-order valence-electron chi connectivity index (χ1n) is 7.96. The number of hydrogen-bond donors (Lipinski definition) is 0. The van der Waals surface area contributed by atoms with Gasteiger partial charge in [0.2, 0.25) is 5.90 Å². The number of ether oxygens (including phenoxy) is 2. The highest BCUT2D eigenvalue weighted by atomic mass is 16.6. The van der Waals surface area contributed by atoms with Crippen molar-refractivity contribution in [2.24, 2.45) is 4.99 Å². The summed E-state index contributed by atoms with van der Waals surface area (Å²) in [4.78, 5) is 26.5. The second kappa shape index (κ2) is 7.18. The molecule has 0 atom stereocenters. The first-order valence-corrected chi connectivity index (χ1v) is 7.96. The van der Waals surface area contributed by atoms with Gasteiger partial charge in [-0.3, -0.25) is 10.1 Å². The number of carbonyl (C=O) groups is 1. The summed E-state index contributed by atoms with van der Waals surface area (Å²) in [6.07, 6.45) is 1.65. The van der Waals surface area contributed by atoms with Gasteiger partial charge in [0.15, 0.2) is 5.70 Å². The molecule has 0 aliphatic carbocycles. The number of rotatable bonds is 5. The molecule has 0 fully saturated rings. The maximum absolute atomic E-state index is 12.1. The Morgan fingerprint density at radius 1 is 1.19 bits per heavy atom. The predicted molar refractivity (Wildman–Crippen MR) is 95.9 cm³/mol. The number of carbonyl (C=O) groups excluding carboxylic acids is 1. The van der Waals surface area contributed by atoms with Gasteiger partial charge in [0, 0.05) is 17.7 Å². The van der Waals surface area contributed by atoms with E-state index in [1.807, 2.05) is 32.0 Å². The van der Waals surface area contributed by atoms with Crippen LogP contribution in [-0.4, -0.2) is 22.9 Å². The summed E-state index contributed by atoms with van der Waals surface area (Å²) in [5.41, 5.74) is 1.35. The average molecular weight is 352 g/mol. The topological polar surface area (TPSA) is 91.0 Å². The van der Waals surface area contributed by atoms with Gasteiger partial charge in [-0.1, -0.05) is 12.1 Å². The first kappa shape index (κ1) is 17.3. The van der Waals surface area contributed by atoms with Gasteiger partial charge in [-0.25, -0.2) is 9.79 Å². The normalized spacial score (nSPS) is 15.1. The third-order valence-electron chi connectivity index (χ3n) is 3.48. The van der Waals surface area contributed by atoms with E-state index >= 15 is 0 Å². The molecule has 0 spiro atoms. The van der Waals surface area contributed by atoms with Crippen LogP contribution in [-0.2, 0) is 9.53 Å². The molecule has 7 nitrogen and oxygen atoms in total. The van der Waals surface area contributed by atoms with Crippen molar-refractivity contribution in [3.8, 4) is 5.75 Å². The summed E-state index contributed by atoms with van der Waals surface area (Å²) in [6, 6.07) is 12.9. The lowest BCUT2D eigenvalue weighted by atomic mass is 10.2. The Morgan fingerprint density at radius 2 is 1.92 bits per heavy atom. The van der Waals surface area contributed by atoms with Crippen LogP contribution in [0.2, 0.25) is 0 Å². The summed E-state index contributed by atoms with van der Waals surface area (Å²) in [7, 11) is 0. The minimum atomic E-state index is -0.575. The van der Waals surface area contributed by atoms with Gasteiger partial charge in [0.25, 0.3) is 5.69 Å². The van der Waals surface area contributed by atoms with E-state index in [1.165, 1.54) is 24.3 Å². The molecular weight excluding hydrogens is 336 g/mol. The molecule has 1 aliphatic heterocycles. The molecule has 2 aromatic rings. The fraction of sp³-hybridized carbons (Fsp3) is 0.158. The number of nitro benzene ring substituents is 1. The van der Waals surface area contributed by atoms with Crippen LogP contribution in [0.1, 0.15) is 25.0 Å². The molecule has 1 aliphatic rings. The van der Waals surface area contributed by atoms with Crippen molar-refractivity contribution in [2.75, 3.05) is 0 Å². The highest BCUT2D eigenvalue weighted by Gasteiger charge is 2.24. The van der Waals surface area contributed by atoms with E-state index in [0.29, 0.717) is 11.3 Å². The van der Waals surface area contributed by atoms with Crippen molar-refractivity contribution < 1.29 is 19.2 Å². The number of aliphatic imine (C=N–C) groups is 1. The molecule has 0 bridgehead atoms. The van der Waals surface area contributed by atoms with E-state index < -0.39 is 10.9 Å². The summed E-state index contributed by atoms with van der Waals surface area (Å²) < 4.78 is 10.8. The summed E-state index contributed by atoms with van der Waals surface area (Å²) >= 11 is 0. The Labute approximate surface area is 149 Å². The van der Waals surface area contributed by atoms with E-state index in [2.05, 4.69) is 4.99 Å². The maximum Gasteiger partial charge on any atom is 0.363 e. The quantitative estimate of drug-likeness (QED) is 0.354. The van der Waals surface area contributed by atoms with Crippen molar-refractivity contribution in [1.29, 1.82) is 0 Å². The molecule has 3 rings (SSSR count). The zero-order valence-electron chi connectivity index (χ0n) is 14.2. The minimum Gasteiger partial charge on any atom is -0.491 e. The monoisotopic (exact) mass is 352 g/mol. The first-order chi connectivity index (χ1) is 12.4. The summed E-state index contributed by atoms with van der Waals surface area (Å²) in [6.45, 7) is 3.86. The van der Waals surface area contributed by atoms with E-state index in [4.69, 9.17) is 9.47 Å². The van der Waals surface area contributed by atoms with Gasteiger partial charge >= 0.3 is 5.97 Å². The SMILES string of the molecule is CC(C)Oc1cccc(/C=C2\N=C(c3ccc([N+](=O)[O-])cc3)OC2=O)c1. The number of benzene rings is 2. The van der Waals surface area contributed by atoms with Crippen LogP contribution >= 0.6 is 0 Å². The van der Waals surface area contributed by atoms with E-state index in [1.54, 1.807) is 12.1 Å². The third-order valence-corrected chi connectivity index (χ3v) is 3.48. The van der Waals surface area contributed by atoms with E-state index in [9.17, 15) is 14.9 Å². The van der Waals surface area contributed by atoms with E-state index in [-0.39, 0.29) is 23.4 Å². The molecule has 0 saturated carbocycles. The average Bonchev–Trinajstić information content (AvgIpc) is 2.95. The Hall–Kier alpha value is -3.48. The molecule has 132 valence electrons. The number of esters is 1. The van der Waals surface area contributed by atoms with Gasteiger partial charge in [0.1, 0.15) is 5.75 Å². The lowest BCUT2D eigenvalue weighted by molar-refractivity contribution is -0.384. The van der Waals surface area contributed by atoms with Crippen LogP contribution in [0.25, 0.3) is 6.08 Å². The predicted octanol–water partition coefficient (Wildman–Crippen LogP) is 3.73. The second-order valence-corrected chi connectivity index (χ2v) is 5.88. The second-order valence-electron chi connectivity index (χ2n) is 5.88. The van der Waals surface area contributed by atoms with Gasteiger partial charge in [-0.2, -0.15) is 0 Å². The van der Waals surface area contributed by atoms with E-state index in [0.717, 1.165) is 5.56 Å². The Kier molecular flexibility index (Phi) is 4.79. The molecule has 0 amide bonds. The van der Waals surface area contributed by atoms with Crippen LogP contribution < -0.4 is 4.74 Å². The van der Waals surface area contributed by atoms with Crippen LogP contribution in [0.15, 0.2) is 59.2 Å². The van der Waals surface area contributed by atoms with Crippen molar-refractivity contribution in [1.82, 2.24) is 0 Å². The molecule has 1 heterocycles. The van der Waals surface area contributed by atoms with Gasteiger partial charge < -0.3 is 9.47 Å². The number of hydrogen-bond acceptors (Lipinski definition) is 6. The standard InChI is InChI=1S/C19H16N2O5/c1-12(2)25-16-5-3-4-13(10-16)11-17-19(22)26-18(20-17)14-6-8-15(9-7-14)21(23)24/h3-12H,1-2H3/b17-11-. The van der Waals surface area contributed by atoms with Crippen LogP contribution in [0.4, 0.5) is 5.69 Å². The number of non-ortho nitro benzene ring substituents is 1. The lowest BCUT2D eigenvalue weighted by Gasteiger charge is -2.09. The van der Waals surface area contributed by atoms with Crippen molar-refractivity contribution in [2.45, 2.75) is 20.0 Å². The molecule has 2 aromatic carbocycles. The van der Waals surface area contributed by atoms with Gasteiger partial charge in [-0.05, 0) is 49.8 Å². The third kappa shape index (κ3) is 3.94. The fourth-order valence-electron chi connectivity index (χ4n) is 2.37. The number of nitro groups is 1. The fourth-order valence-corrected chi connectivity index (χ4v) is 2.37. The molecule has 0 unspecified atom stereocenters. The molecule has 0 N–H and O–H groups in total. The van der Waals surface area contributed by atoms with Gasteiger partial charge in [-0.15, -0.1) is 0 Å².